The van der Waals surface area contributed by atoms with Gasteiger partial charge >= 0.3 is 5.97 Å². The van der Waals surface area contributed by atoms with Gasteiger partial charge in [-0.25, -0.2) is 4.98 Å². The zero-order chi connectivity index (χ0) is 15.6. The Morgan fingerprint density at radius 3 is 2.71 bits per heavy atom. The van der Waals surface area contributed by atoms with Gasteiger partial charge in [-0.2, -0.15) is 0 Å². The van der Waals surface area contributed by atoms with Crippen molar-refractivity contribution in [2.24, 2.45) is 11.1 Å². The molecule has 0 aliphatic rings. The predicted molar refractivity (Wildman–Crippen MR) is 79.4 cm³/mol. The quantitative estimate of drug-likeness (QED) is 0.863. The zero-order valence-corrected chi connectivity index (χ0v) is 12.4. The summed E-state index contributed by atoms with van der Waals surface area (Å²) in [6.07, 6.45) is 1.38. The lowest BCUT2D eigenvalue weighted by molar-refractivity contribution is -0.157. The minimum absolute atomic E-state index is 0.148. The van der Waals surface area contributed by atoms with Crippen LogP contribution in [0, 0.1) is 5.41 Å². The molecule has 1 aromatic carbocycles. The van der Waals surface area contributed by atoms with Gasteiger partial charge in [-0.1, -0.05) is 6.07 Å². The van der Waals surface area contributed by atoms with Crippen molar-refractivity contribution in [1.29, 1.82) is 0 Å². The molecule has 6 heteroatoms. The van der Waals surface area contributed by atoms with Crippen molar-refractivity contribution in [3.63, 3.8) is 0 Å². The summed E-state index contributed by atoms with van der Waals surface area (Å²) < 4.78 is 6.41. The number of rotatable bonds is 3. The molecule has 2 aromatic rings. The number of fused-ring (bicyclic) bond motifs is 1. The van der Waals surface area contributed by atoms with Gasteiger partial charge in [0.25, 0.3) is 5.56 Å². The molecule has 112 valence electrons. The van der Waals surface area contributed by atoms with Crippen LogP contribution < -0.4 is 11.3 Å². The van der Waals surface area contributed by atoms with E-state index in [4.69, 9.17) is 10.5 Å². The lowest BCUT2D eigenvalue weighted by Crippen LogP contribution is -2.28. The molecule has 0 fully saturated rings. The fourth-order valence-electron chi connectivity index (χ4n) is 1.77. The number of aromatic nitrogens is 2. The van der Waals surface area contributed by atoms with E-state index in [2.05, 4.69) is 4.98 Å². The molecule has 1 heterocycles. The summed E-state index contributed by atoms with van der Waals surface area (Å²) in [7, 11) is 0. The Labute approximate surface area is 122 Å². The summed E-state index contributed by atoms with van der Waals surface area (Å²) in [5.74, 6) is -0.370. The molecule has 1 aromatic heterocycles. The van der Waals surface area contributed by atoms with Crippen molar-refractivity contribution in [3.8, 4) is 0 Å². The molecule has 0 saturated carbocycles. The van der Waals surface area contributed by atoms with Crippen LogP contribution in [0.25, 0.3) is 10.9 Å². The van der Waals surface area contributed by atoms with Crippen molar-refractivity contribution in [2.45, 2.75) is 34.0 Å². The average molecular weight is 289 g/mol. The minimum Gasteiger partial charge on any atom is -0.443 e. The highest BCUT2D eigenvalue weighted by atomic mass is 16.5. The zero-order valence-electron chi connectivity index (χ0n) is 12.4. The first-order valence-electron chi connectivity index (χ1n) is 6.68. The third-order valence-electron chi connectivity index (χ3n) is 3.07. The highest BCUT2D eigenvalue weighted by Crippen LogP contribution is 2.15. The second kappa shape index (κ2) is 5.65. The Morgan fingerprint density at radius 2 is 2.10 bits per heavy atom. The van der Waals surface area contributed by atoms with E-state index in [0.717, 1.165) is 5.56 Å². The van der Waals surface area contributed by atoms with Crippen molar-refractivity contribution in [3.05, 3.63) is 40.4 Å². The van der Waals surface area contributed by atoms with Gasteiger partial charge in [0.15, 0.2) is 6.73 Å². The van der Waals surface area contributed by atoms with E-state index < -0.39 is 5.41 Å². The summed E-state index contributed by atoms with van der Waals surface area (Å²) in [5, 5.41) is 0.465. The van der Waals surface area contributed by atoms with E-state index in [-0.39, 0.29) is 18.3 Å². The number of carbonyl (C=O) groups is 1. The number of nitrogens with two attached hydrogens (primary N) is 1. The van der Waals surface area contributed by atoms with E-state index in [9.17, 15) is 9.59 Å². The molecule has 2 N–H and O–H groups in total. The van der Waals surface area contributed by atoms with Crippen LogP contribution in [-0.4, -0.2) is 15.5 Å². The molecule has 21 heavy (non-hydrogen) atoms. The van der Waals surface area contributed by atoms with Gasteiger partial charge in [0, 0.05) is 6.54 Å². The maximum Gasteiger partial charge on any atom is 0.312 e. The van der Waals surface area contributed by atoms with E-state index in [1.807, 2.05) is 6.07 Å². The standard InChI is InChI=1S/C15H19N3O3/c1-15(2,3)14(20)21-9-18-8-17-12-5-4-10(7-16)6-11(12)13(18)19/h4-6,8H,7,9,16H2,1-3H3. The molecular weight excluding hydrogens is 270 g/mol. The first-order chi connectivity index (χ1) is 9.82. The van der Waals surface area contributed by atoms with Gasteiger partial charge in [-0.05, 0) is 38.5 Å². The van der Waals surface area contributed by atoms with Crippen molar-refractivity contribution >= 4 is 16.9 Å². The molecule has 2 rings (SSSR count). The fourth-order valence-corrected chi connectivity index (χ4v) is 1.77. The molecule has 0 atom stereocenters. The van der Waals surface area contributed by atoms with Crippen LogP contribution in [-0.2, 0) is 22.8 Å². The second-order valence-electron chi connectivity index (χ2n) is 5.89. The van der Waals surface area contributed by atoms with Crippen LogP contribution >= 0.6 is 0 Å². The molecule has 0 saturated heterocycles. The molecule has 6 nitrogen and oxygen atoms in total. The van der Waals surface area contributed by atoms with Gasteiger partial charge in [-0.3, -0.25) is 14.2 Å². The molecular formula is C15H19N3O3. The third kappa shape index (κ3) is 3.28. The topological polar surface area (TPSA) is 87.2 Å². The van der Waals surface area contributed by atoms with Gasteiger partial charge < -0.3 is 10.5 Å². The molecule has 0 spiro atoms. The first-order valence-corrected chi connectivity index (χ1v) is 6.68. The van der Waals surface area contributed by atoms with Gasteiger partial charge in [-0.15, -0.1) is 0 Å². The molecule has 0 unspecified atom stereocenters. The lowest BCUT2D eigenvalue weighted by atomic mass is 9.98. The maximum absolute atomic E-state index is 12.3. The number of hydrogen-bond donors (Lipinski definition) is 1. The Bertz CT molecular complexity index is 729. The SMILES string of the molecule is CC(C)(C)C(=O)OCn1cnc2ccc(CN)cc2c1=O. The number of carbonyl (C=O) groups excluding carboxylic acids is 1. The van der Waals surface area contributed by atoms with E-state index in [1.54, 1.807) is 32.9 Å². The average Bonchev–Trinajstić information content (AvgIpc) is 2.45. The third-order valence-corrected chi connectivity index (χ3v) is 3.07. The number of ether oxygens (including phenoxy) is 1. The molecule has 0 aliphatic carbocycles. The Kier molecular flexibility index (Phi) is 4.09. The van der Waals surface area contributed by atoms with Crippen LogP contribution in [0.2, 0.25) is 0 Å². The normalized spacial score (nSPS) is 11.6. The molecule has 0 amide bonds. The Hall–Kier alpha value is -2.21. The van der Waals surface area contributed by atoms with E-state index in [1.165, 1.54) is 10.9 Å². The lowest BCUT2D eigenvalue weighted by Gasteiger charge is -2.17. The van der Waals surface area contributed by atoms with Crippen molar-refractivity contribution in [2.75, 3.05) is 0 Å². The highest BCUT2D eigenvalue weighted by Gasteiger charge is 2.23. The molecule has 0 aliphatic heterocycles. The van der Waals surface area contributed by atoms with Crippen molar-refractivity contribution < 1.29 is 9.53 Å². The first kappa shape index (κ1) is 15.2. The van der Waals surface area contributed by atoms with Crippen LogP contribution in [0.1, 0.15) is 26.3 Å². The van der Waals surface area contributed by atoms with E-state index in [0.29, 0.717) is 17.4 Å². The number of nitrogens with zero attached hydrogens (tertiary/aromatic N) is 2. The smallest absolute Gasteiger partial charge is 0.312 e. The van der Waals surface area contributed by atoms with Gasteiger partial charge in [0.1, 0.15) is 6.33 Å². The largest absolute Gasteiger partial charge is 0.443 e. The second-order valence-corrected chi connectivity index (χ2v) is 5.89. The maximum atomic E-state index is 12.3. The number of benzene rings is 1. The number of esters is 1. The monoisotopic (exact) mass is 289 g/mol. The minimum atomic E-state index is -0.611. The number of hydrogen-bond acceptors (Lipinski definition) is 5. The van der Waals surface area contributed by atoms with Gasteiger partial charge in [0.2, 0.25) is 0 Å². The summed E-state index contributed by atoms with van der Waals surface area (Å²) in [6.45, 7) is 5.47. The van der Waals surface area contributed by atoms with Crippen LogP contribution in [0.5, 0.6) is 0 Å². The Balaban J connectivity index is 2.31. The fraction of sp³-hybridized carbons (Fsp3) is 0.400. The molecule has 0 bridgehead atoms. The van der Waals surface area contributed by atoms with Gasteiger partial charge in [0.05, 0.1) is 16.3 Å². The summed E-state index contributed by atoms with van der Waals surface area (Å²) >= 11 is 0. The Morgan fingerprint density at radius 1 is 1.38 bits per heavy atom. The summed E-state index contributed by atoms with van der Waals surface area (Å²) in [5.41, 5.74) is 6.16. The van der Waals surface area contributed by atoms with Crippen LogP contribution in [0.3, 0.4) is 0 Å². The molecule has 0 radical (unpaired) electrons. The summed E-state index contributed by atoms with van der Waals surface area (Å²) in [6, 6.07) is 5.30. The summed E-state index contributed by atoms with van der Waals surface area (Å²) in [4.78, 5) is 28.3. The highest BCUT2D eigenvalue weighted by molar-refractivity contribution is 5.78. The van der Waals surface area contributed by atoms with E-state index >= 15 is 0 Å². The van der Waals surface area contributed by atoms with Crippen LogP contribution in [0.4, 0.5) is 0 Å². The van der Waals surface area contributed by atoms with Crippen molar-refractivity contribution in [1.82, 2.24) is 9.55 Å². The van der Waals surface area contributed by atoms with Crippen LogP contribution in [0.15, 0.2) is 29.3 Å². The predicted octanol–water partition coefficient (Wildman–Crippen LogP) is 1.40.